The molecule has 0 atom stereocenters. The predicted octanol–water partition coefficient (Wildman–Crippen LogP) is 4.55. The Balaban J connectivity index is 0.000000350. The molecule has 2 rings (SSSR count). The van der Waals surface area contributed by atoms with Gasteiger partial charge in [0.2, 0.25) is 0 Å². The van der Waals surface area contributed by atoms with Crippen molar-refractivity contribution in [1.29, 1.82) is 0 Å². The highest BCUT2D eigenvalue weighted by molar-refractivity contribution is 7.17. The summed E-state index contributed by atoms with van der Waals surface area (Å²) >= 11 is 2.20. The molecule has 2 heterocycles. The third-order valence-corrected chi connectivity index (χ3v) is 6.44. The van der Waals surface area contributed by atoms with Crippen molar-refractivity contribution in [1.82, 2.24) is 4.90 Å². The molecular formula is C23H31N3O6S2. The number of Topliss-reactive ketones (excluding diaryl/α,β-unsaturated/α-hetero) is 2. The quantitative estimate of drug-likeness (QED) is 0.237. The first-order valence-electron chi connectivity index (χ1n) is 10.3. The number of carbonyl (C=O) groups is 4. The Morgan fingerprint density at radius 2 is 1.32 bits per heavy atom. The minimum atomic E-state index is -0.500. The number of aliphatic imine (C=N–C) groups is 1. The molecule has 0 aliphatic heterocycles. The molecule has 2 aromatic heterocycles. The molecule has 0 radical (unpaired) electrons. The molecule has 0 saturated heterocycles. The molecule has 9 nitrogen and oxygen atoms in total. The number of anilines is 1. The normalized spacial score (nSPS) is 10.8. The van der Waals surface area contributed by atoms with Gasteiger partial charge in [-0.3, -0.25) is 9.59 Å². The number of ether oxygens (including phenoxy) is 2. The van der Waals surface area contributed by atoms with Crippen LogP contribution in [0.25, 0.3) is 0 Å². The summed E-state index contributed by atoms with van der Waals surface area (Å²) in [6, 6.07) is 3.17. The van der Waals surface area contributed by atoms with Gasteiger partial charge in [0, 0.05) is 25.9 Å². The van der Waals surface area contributed by atoms with E-state index >= 15 is 0 Å². The summed E-state index contributed by atoms with van der Waals surface area (Å²) in [4.78, 5) is 54.1. The lowest BCUT2D eigenvalue weighted by Gasteiger charge is -2.02. The Kier molecular flexibility index (Phi) is 11.1. The van der Waals surface area contributed by atoms with E-state index in [0.29, 0.717) is 30.9 Å². The number of nitrogens with two attached hydrogens (primary N) is 1. The second-order valence-corrected chi connectivity index (χ2v) is 10.1. The SMILES string of the molecule is COC(=O)c1sc(C(=O)C(C)C)cc1N.COC(=O)c1sc(C(=O)C(C)C)cc1N=CN(C)C. The number of esters is 2. The fourth-order valence-corrected chi connectivity index (χ4v) is 4.56. The van der Waals surface area contributed by atoms with Crippen LogP contribution in [0.4, 0.5) is 11.4 Å². The van der Waals surface area contributed by atoms with Gasteiger partial charge in [-0.1, -0.05) is 27.7 Å². The number of nitrogens with zero attached hydrogens (tertiary/aromatic N) is 2. The number of methoxy groups -OCH3 is 2. The first-order chi connectivity index (χ1) is 15.8. The molecule has 0 fully saturated rings. The zero-order chi connectivity index (χ0) is 26.2. The van der Waals surface area contributed by atoms with Crippen molar-refractivity contribution < 1.29 is 28.7 Å². The van der Waals surface area contributed by atoms with Crippen molar-refractivity contribution in [3.63, 3.8) is 0 Å². The smallest absolute Gasteiger partial charge is 0.350 e. The van der Waals surface area contributed by atoms with Gasteiger partial charge in [0.15, 0.2) is 11.6 Å². The van der Waals surface area contributed by atoms with Crippen LogP contribution in [0.15, 0.2) is 17.1 Å². The molecular weight excluding hydrogens is 478 g/mol. The lowest BCUT2D eigenvalue weighted by Crippen LogP contribution is -2.07. The zero-order valence-electron chi connectivity index (χ0n) is 20.6. The molecule has 11 heteroatoms. The van der Waals surface area contributed by atoms with E-state index in [1.54, 1.807) is 31.2 Å². The summed E-state index contributed by atoms with van der Waals surface area (Å²) in [7, 11) is 6.25. The standard InChI is InChI=1S/C13H18N2O3S.C10H13NO3S/c1-8(2)11(16)10-6-9(14-7-15(3)4)12(19-10)13(17)18-5;1-5(2)8(12)7-4-6(11)9(15-7)10(13)14-3/h6-8H,1-5H3;4-5H,11H2,1-3H3. The van der Waals surface area contributed by atoms with Gasteiger partial charge in [-0.2, -0.15) is 0 Å². The maximum atomic E-state index is 12.0. The predicted molar refractivity (Wildman–Crippen MR) is 136 cm³/mol. The van der Waals surface area contributed by atoms with Crippen molar-refractivity contribution in [2.24, 2.45) is 16.8 Å². The van der Waals surface area contributed by atoms with Gasteiger partial charge in [0.25, 0.3) is 0 Å². The maximum absolute atomic E-state index is 12.0. The van der Waals surface area contributed by atoms with Gasteiger partial charge in [0.1, 0.15) is 9.75 Å². The van der Waals surface area contributed by atoms with Crippen molar-refractivity contribution >= 4 is 63.9 Å². The van der Waals surface area contributed by atoms with Crippen molar-refractivity contribution in [3.8, 4) is 0 Å². The van der Waals surface area contributed by atoms with Crippen LogP contribution >= 0.6 is 22.7 Å². The van der Waals surface area contributed by atoms with Crippen LogP contribution in [-0.2, 0) is 9.47 Å². The van der Waals surface area contributed by atoms with Gasteiger partial charge in [-0.15, -0.1) is 22.7 Å². The third-order valence-electron chi connectivity index (χ3n) is 4.18. The third kappa shape index (κ3) is 7.77. The minimum Gasteiger partial charge on any atom is -0.465 e. The Labute approximate surface area is 207 Å². The van der Waals surface area contributed by atoms with Crippen molar-refractivity contribution in [2.75, 3.05) is 34.0 Å². The van der Waals surface area contributed by atoms with Crippen molar-refractivity contribution in [3.05, 3.63) is 31.6 Å². The van der Waals surface area contributed by atoms with E-state index in [1.165, 1.54) is 20.3 Å². The summed E-state index contributed by atoms with van der Waals surface area (Å²) in [6.07, 6.45) is 1.58. The summed E-state index contributed by atoms with van der Waals surface area (Å²) < 4.78 is 9.26. The summed E-state index contributed by atoms with van der Waals surface area (Å²) in [6.45, 7) is 7.25. The average Bonchev–Trinajstić information content (AvgIpc) is 3.39. The van der Waals surface area contributed by atoms with E-state index in [4.69, 9.17) is 10.5 Å². The number of carbonyl (C=O) groups excluding carboxylic acids is 4. The van der Waals surface area contributed by atoms with Gasteiger partial charge < -0.3 is 20.1 Å². The maximum Gasteiger partial charge on any atom is 0.350 e. The second-order valence-electron chi connectivity index (χ2n) is 7.95. The molecule has 0 saturated carbocycles. The monoisotopic (exact) mass is 509 g/mol. The molecule has 0 aromatic carbocycles. The van der Waals surface area contributed by atoms with Crippen LogP contribution in [0.5, 0.6) is 0 Å². The van der Waals surface area contributed by atoms with Crippen molar-refractivity contribution in [2.45, 2.75) is 27.7 Å². The van der Waals surface area contributed by atoms with Crippen LogP contribution in [0, 0.1) is 11.8 Å². The van der Waals surface area contributed by atoms with Gasteiger partial charge >= 0.3 is 11.9 Å². The Bertz CT molecular complexity index is 1070. The largest absolute Gasteiger partial charge is 0.465 e. The molecule has 0 unspecified atom stereocenters. The Hall–Kier alpha value is -3.05. The average molecular weight is 510 g/mol. The van der Waals surface area contributed by atoms with E-state index in [1.807, 2.05) is 27.9 Å². The summed E-state index contributed by atoms with van der Waals surface area (Å²) in [5, 5.41) is 0. The highest BCUT2D eigenvalue weighted by Gasteiger charge is 2.22. The second kappa shape index (κ2) is 13.0. The van der Waals surface area contributed by atoms with Crippen LogP contribution in [0.1, 0.15) is 66.4 Å². The van der Waals surface area contributed by atoms with Crippen LogP contribution in [0.3, 0.4) is 0 Å². The highest BCUT2D eigenvalue weighted by atomic mass is 32.1. The molecule has 186 valence electrons. The number of hydrogen-bond donors (Lipinski definition) is 1. The number of rotatable bonds is 8. The molecule has 0 spiro atoms. The lowest BCUT2D eigenvalue weighted by molar-refractivity contribution is 0.0598. The molecule has 0 aliphatic rings. The van der Waals surface area contributed by atoms with Gasteiger partial charge in [-0.25, -0.2) is 14.6 Å². The lowest BCUT2D eigenvalue weighted by atomic mass is 10.1. The van der Waals surface area contributed by atoms with E-state index in [-0.39, 0.29) is 23.4 Å². The van der Waals surface area contributed by atoms with E-state index < -0.39 is 11.9 Å². The molecule has 0 amide bonds. The molecule has 2 N–H and O–H groups in total. The number of thiophene rings is 2. The van der Waals surface area contributed by atoms with E-state index in [2.05, 4.69) is 9.73 Å². The fraction of sp³-hybridized carbons (Fsp3) is 0.435. The van der Waals surface area contributed by atoms with Crippen LogP contribution < -0.4 is 5.73 Å². The molecule has 0 aliphatic carbocycles. The summed E-state index contributed by atoms with van der Waals surface area (Å²) in [5.41, 5.74) is 6.38. The summed E-state index contributed by atoms with van der Waals surface area (Å²) in [5.74, 6) is -1.20. The molecule has 2 aromatic rings. The number of hydrogen-bond acceptors (Lipinski definition) is 10. The molecule has 0 bridgehead atoms. The van der Waals surface area contributed by atoms with Gasteiger partial charge in [0.05, 0.1) is 41.7 Å². The van der Waals surface area contributed by atoms with Crippen LogP contribution in [-0.4, -0.2) is 63.1 Å². The number of ketones is 2. The molecule has 34 heavy (non-hydrogen) atoms. The Morgan fingerprint density at radius 1 is 0.882 bits per heavy atom. The van der Waals surface area contributed by atoms with Gasteiger partial charge in [-0.05, 0) is 12.1 Å². The van der Waals surface area contributed by atoms with E-state index in [0.717, 1.165) is 22.7 Å². The van der Waals surface area contributed by atoms with E-state index in [9.17, 15) is 19.2 Å². The zero-order valence-corrected chi connectivity index (χ0v) is 22.3. The fourth-order valence-electron chi connectivity index (χ4n) is 2.36. The van der Waals surface area contributed by atoms with Crippen LogP contribution in [0.2, 0.25) is 0 Å². The number of nitrogen functional groups attached to an aromatic ring is 1. The highest BCUT2D eigenvalue weighted by Crippen LogP contribution is 2.32. The topological polar surface area (TPSA) is 128 Å². The minimum absolute atomic E-state index is 0.00135. The first-order valence-corrected chi connectivity index (χ1v) is 12.0. The first kappa shape index (κ1) is 29.0. The Morgan fingerprint density at radius 3 is 1.76 bits per heavy atom.